The summed E-state index contributed by atoms with van der Waals surface area (Å²) in [5, 5.41) is 0. The molecule has 19 heavy (non-hydrogen) atoms. The van der Waals surface area contributed by atoms with Crippen LogP contribution < -0.4 is 5.73 Å². The van der Waals surface area contributed by atoms with Crippen LogP contribution in [0.4, 0.5) is 0 Å². The van der Waals surface area contributed by atoms with Gasteiger partial charge in [-0.3, -0.25) is 0 Å². The van der Waals surface area contributed by atoms with Gasteiger partial charge in [-0.25, -0.2) is 0 Å². The maximum Gasteiger partial charge on any atom is 0.0392 e. The summed E-state index contributed by atoms with van der Waals surface area (Å²) in [6.07, 6.45) is 0. The Morgan fingerprint density at radius 2 is 1.95 bits per heavy atom. The van der Waals surface area contributed by atoms with Crippen LogP contribution in [-0.2, 0) is 0 Å². The number of nitrogens with two attached hydrogens (primary N) is 1. The highest BCUT2D eigenvalue weighted by molar-refractivity contribution is 9.10. The molecule has 0 bridgehead atoms. The van der Waals surface area contributed by atoms with Crippen molar-refractivity contribution in [3.8, 4) is 0 Å². The molecule has 0 aliphatic rings. The molecule has 2 aromatic rings. The van der Waals surface area contributed by atoms with E-state index in [4.69, 9.17) is 5.73 Å². The molecule has 1 atom stereocenters. The van der Waals surface area contributed by atoms with Gasteiger partial charge < -0.3 is 5.73 Å². The first-order valence-corrected chi connectivity index (χ1v) is 8.05. The predicted molar refractivity (Wildman–Crippen MR) is 87.7 cm³/mol. The summed E-state index contributed by atoms with van der Waals surface area (Å²) in [6, 6.07) is 14.9. The van der Waals surface area contributed by atoms with Crippen molar-refractivity contribution in [1.29, 1.82) is 0 Å². The van der Waals surface area contributed by atoms with Gasteiger partial charge in [0.05, 0.1) is 0 Å². The number of rotatable bonds is 4. The van der Waals surface area contributed by atoms with Crippen LogP contribution >= 0.6 is 27.7 Å². The average molecular weight is 336 g/mol. The Kier molecular flexibility index (Phi) is 5.08. The van der Waals surface area contributed by atoms with Crippen molar-refractivity contribution in [1.82, 2.24) is 0 Å². The van der Waals surface area contributed by atoms with E-state index in [0.717, 1.165) is 10.2 Å². The summed E-state index contributed by atoms with van der Waals surface area (Å²) in [7, 11) is 0. The molecule has 2 rings (SSSR count). The molecular formula is C16H18BrNS. The van der Waals surface area contributed by atoms with Gasteiger partial charge in [-0.15, -0.1) is 11.8 Å². The maximum atomic E-state index is 6.30. The molecule has 0 heterocycles. The number of benzene rings is 2. The van der Waals surface area contributed by atoms with Crippen molar-refractivity contribution in [2.24, 2.45) is 5.73 Å². The van der Waals surface area contributed by atoms with Gasteiger partial charge in [-0.2, -0.15) is 0 Å². The third-order valence-corrected chi connectivity index (χ3v) is 4.66. The molecule has 1 nitrogen and oxygen atoms in total. The predicted octanol–water partition coefficient (Wildman–Crippen LogP) is 4.86. The molecule has 0 aromatic heterocycles. The first-order valence-electron chi connectivity index (χ1n) is 6.27. The number of aryl methyl sites for hydroxylation is 2. The molecule has 2 aromatic carbocycles. The van der Waals surface area contributed by atoms with Crippen LogP contribution in [0.3, 0.4) is 0 Å². The zero-order valence-electron chi connectivity index (χ0n) is 11.2. The molecule has 0 saturated carbocycles. The topological polar surface area (TPSA) is 26.0 Å². The summed E-state index contributed by atoms with van der Waals surface area (Å²) < 4.78 is 1.11. The summed E-state index contributed by atoms with van der Waals surface area (Å²) in [5.41, 5.74) is 10.1. The Balaban J connectivity index is 2.03. The maximum absolute atomic E-state index is 6.30. The molecule has 0 spiro atoms. The van der Waals surface area contributed by atoms with Crippen LogP contribution in [0.2, 0.25) is 0 Å². The van der Waals surface area contributed by atoms with Crippen LogP contribution in [0, 0.1) is 13.8 Å². The zero-order chi connectivity index (χ0) is 13.8. The van der Waals surface area contributed by atoms with Gasteiger partial charge in [0.1, 0.15) is 0 Å². The number of halogens is 1. The molecule has 0 amide bonds. The van der Waals surface area contributed by atoms with Gasteiger partial charge in [0.25, 0.3) is 0 Å². The molecule has 0 fully saturated rings. The SMILES string of the molecule is Cc1ccc(C(N)CSc2cccc(Br)c2)c(C)c1. The molecule has 0 radical (unpaired) electrons. The van der Waals surface area contributed by atoms with Crippen LogP contribution in [-0.4, -0.2) is 5.75 Å². The molecular weight excluding hydrogens is 318 g/mol. The minimum absolute atomic E-state index is 0.0737. The fraction of sp³-hybridized carbons (Fsp3) is 0.250. The van der Waals surface area contributed by atoms with E-state index >= 15 is 0 Å². The second kappa shape index (κ2) is 6.60. The minimum atomic E-state index is 0.0737. The Hall–Kier alpha value is -0.770. The standard InChI is InChI=1S/C16H18BrNS/c1-11-6-7-15(12(2)8-11)16(18)10-19-14-5-3-4-13(17)9-14/h3-9,16H,10,18H2,1-2H3. The Labute approximate surface area is 127 Å². The average Bonchev–Trinajstić information content (AvgIpc) is 2.36. The third-order valence-electron chi connectivity index (χ3n) is 3.05. The van der Waals surface area contributed by atoms with Gasteiger partial charge in [0.15, 0.2) is 0 Å². The van der Waals surface area contributed by atoms with Crippen molar-refractivity contribution < 1.29 is 0 Å². The van der Waals surface area contributed by atoms with E-state index in [2.05, 4.69) is 66.2 Å². The molecule has 0 saturated heterocycles. The zero-order valence-corrected chi connectivity index (χ0v) is 13.6. The van der Waals surface area contributed by atoms with E-state index in [9.17, 15) is 0 Å². The number of hydrogen-bond donors (Lipinski definition) is 1. The van der Waals surface area contributed by atoms with E-state index in [1.807, 2.05) is 6.07 Å². The van der Waals surface area contributed by atoms with Crippen molar-refractivity contribution in [3.63, 3.8) is 0 Å². The quantitative estimate of drug-likeness (QED) is 0.807. The lowest BCUT2D eigenvalue weighted by Crippen LogP contribution is -2.14. The summed E-state index contributed by atoms with van der Waals surface area (Å²) in [6.45, 7) is 4.24. The van der Waals surface area contributed by atoms with Gasteiger partial charge in [0, 0.05) is 21.2 Å². The summed E-state index contributed by atoms with van der Waals surface area (Å²) >= 11 is 5.28. The van der Waals surface area contributed by atoms with Gasteiger partial charge in [-0.05, 0) is 43.2 Å². The van der Waals surface area contributed by atoms with E-state index in [0.29, 0.717) is 0 Å². The van der Waals surface area contributed by atoms with E-state index < -0.39 is 0 Å². The number of hydrogen-bond acceptors (Lipinski definition) is 2. The molecule has 2 N–H and O–H groups in total. The fourth-order valence-corrected chi connectivity index (χ4v) is 3.56. The number of thioether (sulfide) groups is 1. The van der Waals surface area contributed by atoms with Gasteiger partial charge >= 0.3 is 0 Å². The Bertz CT molecular complexity index is 568. The summed E-state index contributed by atoms with van der Waals surface area (Å²) in [5.74, 6) is 0.889. The normalized spacial score (nSPS) is 12.4. The first-order chi connectivity index (χ1) is 9.06. The molecule has 100 valence electrons. The molecule has 1 unspecified atom stereocenters. The smallest absolute Gasteiger partial charge is 0.0392 e. The van der Waals surface area contributed by atoms with E-state index in [1.165, 1.54) is 21.6 Å². The molecule has 3 heteroatoms. The highest BCUT2D eigenvalue weighted by atomic mass is 79.9. The summed E-state index contributed by atoms with van der Waals surface area (Å²) in [4.78, 5) is 1.24. The molecule has 0 aliphatic carbocycles. The Morgan fingerprint density at radius 3 is 2.63 bits per heavy atom. The van der Waals surface area contributed by atoms with Crippen molar-refractivity contribution >= 4 is 27.7 Å². The van der Waals surface area contributed by atoms with Gasteiger partial charge in [-0.1, -0.05) is 45.8 Å². The van der Waals surface area contributed by atoms with E-state index in [1.54, 1.807) is 11.8 Å². The van der Waals surface area contributed by atoms with Crippen molar-refractivity contribution in [2.75, 3.05) is 5.75 Å². The fourth-order valence-electron chi connectivity index (χ4n) is 2.07. The third kappa shape index (κ3) is 4.10. The lowest BCUT2D eigenvalue weighted by atomic mass is 10.0. The van der Waals surface area contributed by atoms with Crippen LogP contribution in [0.5, 0.6) is 0 Å². The van der Waals surface area contributed by atoms with Gasteiger partial charge in [0.2, 0.25) is 0 Å². The molecule has 0 aliphatic heterocycles. The lowest BCUT2D eigenvalue weighted by molar-refractivity contribution is 0.822. The van der Waals surface area contributed by atoms with Crippen LogP contribution in [0.15, 0.2) is 51.8 Å². The van der Waals surface area contributed by atoms with Crippen LogP contribution in [0.25, 0.3) is 0 Å². The van der Waals surface area contributed by atoms with Crippen molar-refractivity contribution in [2.45, 2.75) is 24.8 Å². The largest absolute Gasteiger partial charge is 0.323 e. The highest BCUT2D eigenvalue weighted by Gasteiger charge is 2.09. The second-order valence-corrected chi connectivity index (χ2v) is 6.74. The van der Waals surface area contributed by atoms with E-state index in [-0.39, 0.29) is 6.04 Å². The Morgan fingerprint density at radius 1 is 1.16 bits per heavy atom. The minimum Gasteiger partial charge on any atom is -0.323 e. The first kappa shape index (κ1) is 14.6. The second-order valence-electron chi connectivity index (χ2n) is 4.73. The monoisotopic (exact) mass is 335 g/mol. The van der Waals surface area contributed by atoms with Crippen LogP contribution in [0.1, 0.15) is 22.7 Å². The van der Waals surface area contributed by atoms with Crippen molar-refractivity contribution in [3.05, 3.63) is 63.6 Å². The lowest BCUT2D eigenvalue weighted by Gasteiger charge is -2.15. The highest BCUT2D eigenvalue weighted by Crippen LogP contribution is 2.27.